The van der Waals surface area contributed by atoms with Crippen molar-refractivity contribution in [2.75, 3.05) is 14.2 Å². The van der Waals surface area contributed by atoms with E-state index in [2.05, 4.69) is 42.4 Å². The van der Waals surface area contributed by atoms with Crippen LogP contribution in [0.1, 0.15) is 15.9 Å². The number of ether oxygens (including phenoxy) is 2. The van der Waals surface area contributed by atoms with Crippen LogP contribution in [-0.4, -0.2) is 31.4 Å². The molecule has 126 valence electrons. The van der Waals surface area contributed by atoms with Crippen LogP contribution >= 0.6 is 31.9 Å². The number of nitrogens with zero attached hydrogens (tertiary/aromatic N) is 1. The monoisotopic (exact) mass is 456 g/mol. The van der Waals surface area contributed by atoms with E-state index in [4.69, 9.17) is 9.47 Å². The van der Waals surface area contributed by atoms with Crippen molar-refractivity contribution in [2.45, 2.75) is 0 Å². The lowest BCUT2D eigenvalue weighted by Crippen LogP contribution is -2.18. The molecule has 0 aliphatic carbocycles. The third-order valence-corrected chi connectivity index (χ3v) is 4.28. The van der Waals surface area contributed by atoms with Crippen molar-refractivity contribution in [3.63, 3.8) is 0 Å². The van der Waals surface area contributed by atoms with Crippen LogP contribution in [0.3, 0.4) is 0 Å². The van der Waals surface area contributed by atoms with E-state index in [1.54, 1.807) is 30.3 Å². The SMILES string of the molecule is COc1ccc(C(=O)N/N=C/c2cc(Br)c(O)c(Br)c2)c(OC)c1. The number of nitrogens with one attached hydrogen (secondary N) is 1. The van der Waals surface area contributed by atoms with Crippen molar-refractivity contribution in [3.8, 4) is 17.2 Å². The van der Waals surface area contributed by atoms with Crippen LogP contribution in [0.15, 0.2) is 44.4 Å². The number of methoxy groups -OCH3 is 2. The second-order valence-corrected chi connectivity index (χ2v) is 6.31. The maximum atomic E-state index is 12.2. The summed E-state index contributed by atoms with van der Waals surface area (Å²) in [4.78, 5) is 12.2. The highest BCUT2D eigenvalue weighted by Gasteiger charge is 2.12. The lowest BCUT2D eigenvalue weighted by Gasteiger charge is -2.09. The van der Waals surface area contributed by atoms with Gasteiger partial charge >= 0.3 is 0 Å². The Morgan fingerprint density at radius 3 is 2.42 bits per heavy atom. The van der Waals surface area contributed by atoms with Gasteiger partial charge < -0.3 is 14.6 Å². The van der Waals surface area contributed by atoms with Gasteiger partial charge in [-0.2, -0.15) is 5.10 Å². The highest BCUT2D eigenvalue weighted by Crippen LogP contribution is 2.32. The third-order valence-electron chi connectivity index (χ3n) is 3.07. The minimum atomic E-state index is -0.414. The van der Waals surface area contributed by atoms with Crippen LogP contribution in [0, 0.1) is 0 Å². The van der Waals surface area contributed by atoms with Gasteiger partial charge in [-0.05, 0) is 61.7 Å². The number of amides is 1. The molecule has 0 saturated carbocycles. The average Bonchev–Trinajstić information content (AvgIpc) is 2.58. The minimum Gasteiger partial charge on any atom is -0.506 e. The van der Waals surface area contributed by atoms with Crippen molar-refractivity contribution in [1.29, 1.82) is 0 Å². The topological polar surface area (TPSA) is 80.2 Å². The first-order valence-electron chi connectivity index (χ1n) is 6.69. The van der Waals surface area contributed by atoms with E-state index < -0.39 is 5.91 Å². The van der Waals surface area contributed by atoms with E-state index >= 15 is 0 Å². The predicted molar refractivity (Wildman–Crippen MR) is 98.1 cm³/mol. The fraction of sp³-hybridized carbons (Fsp3) is 0.125. The van der Waals surface area contributed by atoms with Crippen molar-refractivity contribution in [1.82, 2.24) is 5.43 Å². The van der Waals surface area contributed by atoms with Crippen molar-refractivity contribution in [2.24, 2.45) is 5.10 Å². The van der Waals surface area contributed by atoms with Crippen LogP contribution < -0.4 is 14.9 Å². The number of hydrazone groups is 1. The number of halogens is 2. The van der Waals surface area contributed by atoms with Crippen LogP contribution in [-0.2, 0) is 0 Å². The van der Waals surface area contributed by atoms with Gasteiger partial charge in [-0.15, -0.1) is 0 Å². The molecule has 2 rings (SSSR count). The molecule has 2 N–H and O–H groups in total. The fourth-order valence-electron chi connectivity index (χ4n) is 1.87. The molecular formula is C16H14Br2N2O4. The van der Waals surface area contributed by atoms with Crippen LogP contribution in [0.2, 0.25) is 0 Å². The van der Waals surface area contributed by atoms with E-state index in [1.807, 2.05) is 0 Å². The quantitative estimate of drug-likeness (QED) is 0.530. The highest BCUT2D eigenvalue weighted by molar-refractivity contribution is 9.11. The normalized spacial score (nSPS) is 10.7. The summed E-state index contributed by atoms with van der Waals surface area (Å²) in [5.74, 6) is 0.657. The third kappa shape index (κ3) is 4.27. The number of carbonyl (C=O) groups excluding carboxylic acids is 1. The van der Waals surface area contributed by atoms with Gasteiger partial charge in [-0.3, -0.25) is 4.79 Å². The van der Waals surface area contributed by atoms with E-state index in [9.17, 15) is 9.90 Å². The summed E-state index contributed by atoms with van der Waals surface area (Å²) in [6, 6.07) is 8.21. The number of hydrogen-bond acceptors (Lipinski definition) is 5. The number of carbonyl (C=O) groups is 1. The van der Waals surface area contributed by atoms with Crippen molar-refractivity contribution < 1.29 is 19.4 Å². The first-order chi connectivity index (χ1) is 11.5. The van der Waals surface area contributed by atoms with E-state index in [-0.39, 0.29) is 5.75 Å². The fourth-order valence-corrected chi connectivity index (χ4v) is 3.09. The largest absolute Gasteiger partial charge is 0.506 e. The van der Waals surface area contributed by atoms with Gasteiger partial charge in [0.1, 0.15) is 17.2 Å². The lowest BCUT2D eigenvalue weighted by molar-refractivity contribution is 0.0952. The van der Waals surface area contributed by atoms with Gasteiger partial charge in [-0.1, -0.05) is 0 Å². The van der Waals surface area contributed by atoms with Gasteiger partial charge in [-0.25, -0.2) is 5.43 Å². The summed E-state index contributed by atoms with van der Waals surface area (Å²) in [6.45, 7) is 0. The van der Waals surface area contributed by atoms with E-state index in [1.165, 1.54) is 20.4 Å². The first kappa shape index (κ1) is 18.3. The van der Waals surface area contributed by atoms with Crippen LogP contribution in [0.4, 0.5) is 0 Å². The van der Waals surface area contributed by atoms with Gasteiger partial charge in [0.2, 0.25) is 0 Å². The molecule has 24 heavy (non-hydrogen) atoms. The van der Waals surface area contributed by atoms with Gasteiger partial charge in [0.15, 0.2) is 0 Å². The Labute approximate surface area is 155 Å². The Morgan fingerprint density at radius 1 is 1.17 bits per heavy atom. The number of phenols is 1. The number of benzene rings is 2. The molecule has 0 radical (unpaired) electrons. The Balaban J connectivity index is 2.13. The second-order valence-electron chi connectivity index (χ2n) is 4.60. The standard InChI is InChI=1S/C16H14Br2N2O4/c1-23-10-3-4-11(14(7-10)24-2)16(22)20-19-8-9-5-12(17)15(21)13(18)6-9/h3-8,21H,1-2H3,(H,20,22)/b19-8+. The van der Waals surface area contributed by atoms with Crippen molar-refractivity contribution in [3.05, 3.63) is 50.4 Å². The molecule has 0 unspecified atom stereocenters. The Hall–Kier alpha value is -2.06. The molecular weight excluding hydrogens is 444 g/mol. The summed E-state index contributed by atoms with van der Waals surface area (Å²) in [5.41, 5.74) is 3.45. The molecule has 2 aromatic rings. The zero-order valence-corrected chi connectivity index (χ0v) is 16.0. The van der Waals surface area contributed by atoms with Crippen molar-refractivity contribution >= 4 is 44.0 Å². The molecule has 8 heteroatoms. The van der Waals surface area contributed by atoms with E-state index in [0.29, 0.717) is 31.6 Å². The number of aromatic hydroxyl groups is 1. The average molecular weight is 458 g/mol. The molecule has 0 saturated heterocycles. The summed E-state index contributed by atoms with van der Waals surface area (Å²) in [6.07, 6.45) is 1.46. The Bertz CT molecular complexity index is 771. The highest BCUT2D eigenvalue weighted by atomic mass is 79.9. The molecule has 6 nitrogen and oxygen atoms in total. The summed E-state index contributed by atoms with van der Waals surface area (Å²) >= 11 is 6.46. The smallest absolute Gasteiger partial charge is 0.275 e. The predicted octanol–water partition coefficient (Wildman–Crippen LogP) is 3.70. The molecule has 1 amide bonds. The summed E-state index contributed by atoms with van der Waals surface area (Å²) in [7, 11) is 3.01. The lowest BCUT2D eigenvalue weighted by atomic mass is 10.2. The molecule has 0 spiro atoms. The van der Waals surface area contributed by atoms with Gasteiger partial charge in [0, 0.05) is 6.07 Å². The first-order valence-corrected chi connectivity index (χ1v) is 8.28. The molecule has 0 aliphatic heterocycles. The molecule has 0 bridgehead atoms. The van der Waals surface area contributed by atoms with Gasteiger partial charge in [0.05, 0.1) is 34.9 Å². The van der Waals surface area contributed by atoms with Crippen LogP contribution in [0.5, 0.6) is 17.2 Å². The maximum Gasteiger partial charge on any atom is 0.275 e. The minimum absolute atomic E-state index is 0.0964. The second kappa shape index (κ2) is 8.16. The van der Waals surface area contributed by atoms with Gasteiger partial charge in [0.25, 0.3) is 5.91 Å². The molecule has 0 aromatic heterocycles. The number of hydrogen-bond donors (Lipinski definition) is 2. The zero-order valence-electron chi connectivity index (χ0n) is 12.8. The summed E-state index contributed by atoms with van der Waals surface area (Å²) in [5, 5.41) is 13.6. The van der Waals surface area contributed by atoms with Crippen LogP contribution in [0.25, 0.3) is 0 Å². The molecule has 0 heterocycles. The number of rotatable bonds is 5. The molecule has 0 aliphatic rings. The molecule has 2 aromatic carbocycles. The number of phenolic OH excluding ortho intramolecular Hbond substituents is 1. The Kier molecular flexibility index (Phi) is 6.22. The van der Waals surface area contributed by atoms with E-state index in [0.717, 1.165) is 0 Å². The summed E-state index contributed by atoms with van der Waals surface area (Å²) < 4.78 is 11.3. The Morgan fingerprint density at radius 2 is 1.83 bits per heavy atom. The maximum absolute atomic E-state index is 12.2. The molecule has 0 atom stereocenters. The molecule has 0 fully saturated rings. The zero-order chi connectivity index (χ0) is 17.7.